The number of para-hydroxylation sites is 1. The third kappa shape index (κ3) is 5.60. The number of hydrogen-bond acceptors (Lipinski definition) is 3. The maximum atomic E-state index is 5.23. The van der Waals surface area contributed by atoms with Crippen LogP contribution < -0.4 is 5.32 Å². The first-order chi connectivity index (χ1) is 28.5. The third-order valence-electron chi connectivity index (χ3n) is 12.1. The van der Waals surface area contributed by atoms with Crippen LogP contribution in [-0.4, -0.2) is 16.4 Å². The molecule has 0 spiro atoms. The fourth-order valence-electron chi connectivity index (χ4n) is 9.07. The van der Waals surface area contributed by atoms with Gasteiger partial charge in [0.05, 0.1) is 11.0 Å². The van der Waals surface area contributed by atoms with Gasteiger partial charge >= 0.3 is 0 Å². The molecule has 0 fully saturated rings. The van der Waals surface area contributed by atoms with Crippen molar-refractivity contribution in [1.29, 1.82) is 0 Å². The molecule has 0 radical (unpaired) electrons. The van der Waals surface area contributed by atoms with Crippen LogP contribution in [0.5, 0.6) is 0 Å². The van der Waals surface area contributed by atoms with Gasteiger partial charge in [-0.2, -0.15) is 4.99 Å². The van der Waals surface area contributed by atoms with Crippen molar-refractivity contribution in [3.63, 3.8) is 0 Å². The van der Waals surface area contributed by atoms with Crippen LogP contribution in [0.4, 0.5) is 0 Å². The lowest BCUT2D eigenvalue weighted by atomic mass is 9.81. The van der Waals surface area contributed by atoms with Crippen LogP contribution in [-0.2, 0) is 5.41 Å². The van der Waals surface area contributed by atoms with Crippen molar-refractivity contribution in [1.82, 2.24) is 9.88 Å². The number of hydrogen-bond donors (Lipinski definition) is 1. The highest BCUT2D eigenvalue weighted by molar-refractivity contribution is 6.17. The van der Waals surface area contributed by atoms with Crippen molar-refractivity contribution in [2.45, 2.75) is 25.4 Å². The Labute approximate surface area is 338 Å². The monoisotopic (exact) mass is 744 g/mol. The standard InChI is InChI=1S/C54H40N4/c1-54(2)47-22-11-9-20-43(47)44-30-28-42(34-48(44)54)40-19-13-18-39(32-40)41-29-31-50-46(33-41)45-21-10-12-23-49(45)58(50)53-56-51(37-16-7-4-8-17-37)55-52(57-53)38-26-24-36(25-27-38)35-14-5-3-6-15-35/h3-34,52H,1-2H3,(H,55,56,57). The van der Waals surface area contributed by atoms with E-state index >= 15 is 0 Å². The second-order valence-electron chi connectivity index (χ2n) is 15.9. The average Bonchev–Trinajstić information content (AvgIpc) is 3.74. The second kappa shape index (κ2) is 13.4. The molecule has 0 bridgehead atoms. The van der Waals surface area contributed by atoms with Gasteiger partial charge in [0.1, 0.15) is 6.17 Å². The minimum absolute atomic E-state index is 0.0446. The summed E-state index contributed by atoms with van der Waals surface area (Å²) in [4.78, 5) is 10.4. The van der Waals surface area contributed by atoms with E-state index in [1.807, 2.05) is 24.3 Å². The largest absolute Gasteiger partial charge is 0.330 e. The van der Waals surface area contributed by atoms with Gasteiger partial charge in [-0.3, -0.25) is 4.57 Å². The van der Waals surface area contributed by atoms with E-state index in [2.05, 4.69) is 194 Å². The van der Waals surface area contributed by atoms with Crippen molar-refractivity contribution in [2.24, 2.45) is 9.98 Å². The first-order valence-electron chi connectivity index (χ1n) is 20.0. The van der Waals surface area contributed by atoms with Gasteiger partial charge in [-0.15, -0.1) is 0 Å². The van der Waals surface area contributed by atoms with E-state index in [4.69, 9.17) is 9.98 Å². The molecule has 1 aliphatic heterocycles. The zero-order chi connectivity index (χ0) is 38.8. The Hall–Kier alpha value is -7.30. The molecule has 0 saturated heterocycles. The summed E-state index contributed by atoms with van der Waals surface area (Å²) >= 11 is 0. The molecule has 11 rings (SSSR count). The number of nitrogens with zero attached hydrogens (tertiary/aromatic N) is 3. The van der Waals surface area contributed by atoms with Crippen LogP contribution in [0.3, 0.4) is 0 Å². The molecular weight excluding hydrogens is 705 g/mol. The molecule has 2 aliphatic rings. The van der Waals surface area contributed by atoms with E-state index in [-0.39, 0.29) is 11.6 Å². The van der Waals surface area contributed by atoms with Crippen molar-refractivity contribution >= 4 is 33.6 Å². The highest BCUT2D eigenvalue weighted by Crippen LogP contribution is 2.49. The summed E-state index contributed by atoms with van der Waals surface area (Å²) in [7, 11) is 0. The minimum atomic E-state index is -0.329. The van der Waals surface area contributed by atoms with Crippen LogP contribution in [0.15, 0.2) is 204 Å². The Morgan fingerprint density at radius 2 is 1.02 bits per heavy atom. The first-order valence-corrected chi connectivity index (χ1v) is 20.0. The zero-order valence-corrected chi connectivity index (χ0v) is 32.4. The maximum Gasteiger partial charge on any atom is 0.211 e. The van der Waals surface area contributed by atoms with Gasteiger partial charge in [-0.25, -0.2) is 4.99 Å². The lowest BCUT2D eigenvalue weighted by Crippen LogP contribution is -2.37. The fraction of sp³-hybridized carbons (Fsp3) is 0.0741. The number of aliphatic imine (C=N–C) groups is 2. The third-order valence-corrected chi connectivity index (χ3v) is 12.1. The molecule has 1 aliphatic carbocycles. The number of rotatable bonds is 5. The quantitative estimate of drug-likeness (QED) is 0.187. The van der Waals surface area contributed by atoms with E-state index in [1.165, 1.54) is 66.4 Å². The predicted octanol–water partition coefficient (Wildman–Crippen LogP) is 13.1. The van der Waals surface area contributed by atoms with Gasteiger partial charge in [0.2, 0.25) is 5.96 Å². The molecule has 1 unspecified atom stereocenters. The van der Waals surface area contributed by atoms with Gasteiger partial charge in [0.25, 0.3) is 0 Å². The topological polar surface area (TPSA) is 41.7 Å². The van der Waals surface area contributed by atoms with Crippen LogP contribution in [0.25, 0.3) is 66.3 Å². The molecule has 1 aromatic heterocycles. The van der Waals surface area contributed by atoms with Gasteiger partial charge in [0, 0.05) is 21.8 Å². The summed E-state index contributed by atoms with van der Waals surface area (Å²) in [6, 6.07) is 69.7. The van der Waals surface area contributed by atoms with Crippen molar-refractivity contribution < 1.29 is 0 Å². The molecule has 4 nitrogen and oxygen atoms in total. The van der Waals surface area contributed by atoms with Gasteiger partial charge < -0.3 is 5.32 Å². The highest BCUT2D eigenvalue weighted by Gasteiger charge is 2.35. The molecule has 2 heterocycles. The number of amidine groups is 1. The van der Waals surface area contributed by atoms with Crippen LogP contribution in [0.2, 0.25) is 0 Å². The first kappa shape index (κ1) is 34.0. The van der Waals surface area contributed by atoms with Gasteiger partial charge in [-0.05, 0) is 91.5 Å². The molecule has 0 amide bonds. The summed E-state index contributed by atoms with van der Waals surface area (Å²) in [6.07, 6.45) is -0.329. The van der Waals surface area contributed by atoms with Crippen molar-refractivity contribution in [2.75, 3.05) is 0 Å². The fourth-order valence-corrected chi connectivity index (χ4v) is 9.07. The zero-order valence-electron chi connectivity index (χ0n) is 32.4. The van der Waals surface area contributed by atoms with E-state index in [1.54, 1.807) is 0 Å². The molecule has 8 aromatic carbocycles. The number of benzene rings is 8. The Morgan fingerprint density at radius 1 is 0.448 bits per heavy atom. The molecule has 1 atom stereocenters. The average molecular weight is 745 g/mol. The number of fused-ring (bicyclic) bond motifs is 6. The Balaban J connectivity index is 0.985. The summed E-state index contributed by atoms with van der Waals surface area (Å²) in [5.41, 5.74) is 16.8. The van der Waals surface area contributed by atoms with Crippen molar-refractivity contribution in [3.05, 3.63) is 216 Å². The summed E-state index contributed by atoms with van der Waals surface area (Å²) in [5, 5.41) is 6.09. The minimum Gasteiger partial charge on any atom is -0.330 e. The van der Waals surface area contributed by atoms with E-state index < -0.39 is 0 Å². The van der Waals surface area contributed by atoms with Gasteiger partial charge in [0.15, 0.2) is 5.84 Å². The van der Waals surface area contributed by atoms with E-state index in [9.17, 15) is 0 Å². The van der Waals surface area contributed by atoms with E-state index in [0.717, 1.165) is 28.1 Å². The van der Waals surface area contributed by atoms with Crippen LogP contribution in [0.1, 0.15) is 42.3 Å². The lowest BCUT2D eigenvalue weighted by molar-refractivity contribution is 0.660. The highest BCUT2D eigenvalue weighted by atomic mass is 15.3. The maximum absolute atomic E-state index is 5.23. The van der Waals surface area contributed by atoms with Crippen molar-refractivity contribution in [3.8, 4) is 44.5 Å². The Morgan fingerprint density at radius 3 is 1.81 bits per heavy atom. The van der Waals surface area contributed by atoms with Crippen LogP contribution >= 0.6 is 0 Å². The molecule has 276 valence electrons. The lowest BCUT2D eigenvalue weighted by Gasteiger charge is -2.25. The van der Waals surface area contributed by atoms with Crippen LogP contribution in [0, 0.1) is 0 Å². The molecule has 1 N–H and O–H groups in total. The van der Waals surface area contributed by atoms with E-state index in [0.29, 0.717) is 5.84 Å². The molecular formula is C54H40N4. The summed E-state index contributed by atoms with van der Waals surface area (Å²) in [5.74, 6) is 1.44. The summed E-state index contributed by atoms with van der Waals surface area (Å²) < 4.78 is 2.26. The number of nitrogens with one attached hydrogen (secondary N) is 1. The predicted molar refractivity (Wildman–Crippen MR) is 241 cm³/mol. The molecule has 4 heteroatoms. The Bertz CT molecular complexity index is 3100. The smallest absolute Gasteiger partial charge is 0.211 e. The second-order valence-corrected chi connectivity index (χ2v) is 15.9. The SMILES string of the molecule is CC1(C)c2ccccc2-c2ccc(-c3cccc(-c4ccc5c(c4)c4ccccc4n5C4=NC(c5ccccc5)=NC(c5ccc(-c6ccccc6)cc5)N4)c3)cc21. The molecule has 0 saturated carbocycles. The molecule has 58 heavy (non-hydrogen) atoms. The summed E-state index contributed by atoms with van der Waals surface area (Å²) in [6.45, 7) is 4.69. The normalized spacial score (nSPS) is 15.4. The Kier molecular flexibility index (Phi) is 7.87. The van der Waals surface area contributed by atoms with Gasteiger partial charge in [-0.1, -0.05) is 178 Å². The molecule has 9 aromatic rings. The number of aromatic nitrogens is 1.